The summed E-state index contributed by atoms with van der Waals surface area (Å²) in [4.78, 5) is 4.30. The van der Waals surface area contributed by atoms with Crippen LogP contribution in [-0.2, 0) is 0 Å². The molecule has 1 fully saturated rings. The number of methoxy groups -OCH3 is 1. The van der Waals surface area contributed by atoms with E-state index in [0.717, 1.165) is 28.8 Å². The minimum Gasteiger partial charge on any atom is -0.495 e. The molecule has 1 aliphatic rings. The van der Waals surface area contributed by atoms with Crippen molar-refractivity contribution in [2.75, 3.05) is 12.4 Å². The molecule has 0 amide bonds. The summed E-state index contributed by atoms with van der Waals surface area (Å²) < 4.78 is 6.20. The van der Waals surface area contributed by atoms with Gasteiger partial charge in [0, 0.05) is 4.47 Å². The van der Waals surface area contributed by atoms with Gasteiger partial charge >= 0.3 is 0 Å². The van der Waals surface area contributed by atoms with E-state index in [-0.39, 0.29) is 0 Å². The van der Waals surface area contributed by atoms with Gasteiger partial charge in [0.2, 0.25) is 0 Å². The zero-order valence-corrected chi connectivity index (χ0v) is 10.6. The molecule has 86 valence electrons. The Kier molecular flexibility index (Phi) is 3.33. The summed E-state index contributed by atoms with van der Waals surface area (Å²) in [7, 11) is 1.63. The molecule has 5 heteroatoms. The van der Waals surface area contributed by atoms with Gasteiger partial charge in [0.1, 0.15) is 5.75 Å². The molecular formula is C11H14BrN3O. The first-order valence-electron chi connectivity index (χ1n) is 5.13. The van der Waals surface area contributed by atoms with Crippen LogP contribution in [0, 0.1) is 0 Å². The van der Waals surface area contributed by atoms with E-state index < -0.39 is 0 Å². The maximum Gasteiger partial charge on any atom is 0.193 e. The Hall–Kier alpha value is -1.23. The highest BCUT2D eigenvalue weighted by molar-refractivity contribution is 9.10. The minimum absolute atomic E-state index is 0.408. The number of nitrogens with one attached hydrogen (secondary N) is 1. The van der Waals surface area contributed by atoms with E-state index in [9.17, 15) is 0 Å². The fraction of sp³-hybridized carbons (Fsp3) is 0.364. The van der Waals surface area contributed by atoms with E-state index in [2.05, 4.69) is 26.2 Å². The topological polar surface area (TPSA) is 59.6 Å². The SMILES string of the molecule is COc1ccc(Br)cc1NC(N)=NC1CC1. The number of benzene rings is 1. The summed E-state index contributed by atoms with van der Waals surface area (Å²) in [5.41, 5.74) is 6.61. The van der Waals surface area contributed by atoms with Gasteiger partial charge in [0.25, 0.3) is 0 Å². The van der Waals surface area contributed by atoms with Crippen LogP contribution < -0.4 is 15.8 Å². The van der Waals surface area contributed by atoms with Crippen LogP contribution in [0.25, 0.3) is 0 Å². The Morgan fingerprint density at radius 2 is 2.31 bits per heavy atom. The van der Waals surface area contributed by atoms with Crippen LogP contribution in [0.15, 0.2) is 27.7 Å². The number of nitrogens with two attached hydrogens (primary N) is 1. The van der Waals surface area contributed by atoms with Gasteiger partial charge in [-0.3, -0.25) is 0 Å². The molecule has 2 rings (SSSR count). The quantitative estimate of drug-likeness (QED) is 0.661. The fourth-order valence-corrected chi connectivity index (χ4v) is 1.71. The van der Waals surface area contributed by atoms with Crippen LogP contribution in [0.5, 0.6) is 5.75 Å². The molecule has 0 spiro atoms. The van der Waals surface area contributed by atoms with E-state index in [1.165, 1.54) is 0 Å². The minimum atomic E-state index is 0.408. The zero-order valence-electron chi connectivity index (χ0n) is 9.03. The summed E-state index contributed by atoms with van der Waals surface area (Å²) in [6.07, 6.45) is 2.27. The number of rotatable bonds is 3. The normalized spacial score (nSPS) is 16.0. The third kappa shape index (κ3) is 2.88. The Labute approximate surface area is 103 Å². The van der Waals surface area contributed by atoms with E-state index in [1.807, 2.05) is 18.2 Å². The second-order valence-corrected chi connectivity index (χ2v) is 4.63. The summed E-state index contributed by atoms with van der Waals surface area (Å²) in [5, 5.41) is 3.05. The van der Waals surface area contributed by atoms with Crippen molar-refractivity contribution in [1.82, 2.24) is 0 Å². The predicted octanol–water partition coefficient (Wildman–Crippen LogP) is 2.35. The smallest absolute Gasteiger partial charge is 0.193 e. The molecule has 1 aromatic rings. The van der Waals surface area contributed by atoms with Crippen molar-refractivity contribution in [2.24, 2.45) is 10.7 Å². The second-order valence-electron chi connectivity index (χ2n) is 3.72. The number of nitrogens with zero attached hydrogens (tertiary/aromatic N) is 1. The van der Waals surface area contributed by atoms with Gasteiger partial charge in [-0.15, -0.1) is 0 Å². The lowest BCUT2D eigenvalue weighted by molar-refractivity contribution is 0.417. The van der Waals surface area contributed by atoms with Gasteiger partial charge in [0.15, 0.2) is 5.96 Å². The average Bonchev–Trinajstić information content (AvgIpc) is 3.02. The van der Waals surface area contributed by atoms with Gasteiger partial charge in [-0.25, -0.2) is 4.99 Å². The van der Waals surface area contributed by atoms with E-state index >= 15 is 0 Å². The van der Waals surface area contributed by atoms with Gasteiger partial charge in [-0.1, -0.05) is 15.9 Å². The Morgan fingerprint density at radius 1 is 1.56 bits per heavy atom. The first-order chi connectivity index (χ1) is 7.69. The molecule has 1 aliphatic carbocycles. The summed E-state index contributed by atoms with van der Waals surface area (Å²) >= 11 is 3.40. The van der Waals surface area contributed by atoms with Crippen molar-refractivity contribution < 1.29 is 4.74 Å². The van der Waals surface area contributed by atoms with Crippen molar-refractivity contribution in [3.05, 3.63) is 22.7 Å². The number of hydrogen-bond acceptors (Lipinski definition) is 2. The second kappa shape index (κ2) is 4.74. The molecule has 0 heterocycles. The highest BCUT2D eigenvalue weighted by atomic mass is 79.9. The molecule has 1 aromatic carbocycles. The summed E-state index contributed by atoms with van der Waals surface area (Å²) in [6, 6.07) is 6.11. The molecule has 16 heavy (non-hydrogen) atoms. The number of ether oxygens (including phenoxy) is 1. The number of halogens is 1. The number of guanidine groups is 1. The molecule has 0 aromatic heterocycles. The number of anilines is 1. The van der Waals surface area contributed by atoms with E-state index in [1.54, 1.807) is 7.11 Å². The molecule has 0 saturated heterocycles. The summed E-state index contributed by atoms with van der Waals surface area (Å²) in [5.74, 6) is 1.19. The van der Waals surface area contributed by atoms with Crippen LogP contribution in [-0.4, -0.2) is 19.1 Å². The molecule has 3 N–H and O–H groups in total. The number of hydrogen-bond donors (Lipinski definition) is 2. The molecule has 1 saturated carbocycles. The Balaban J connectivity index is 2.15. The third-order valence-corrected chi connectivity index (χ3v) is 2.79. The first kappa shape index (κ1) is 11.3. The van der Waals surface area contributed by atoms with E-state index in [0.29, 0.717) is 12.0 Å². The monoisotopic (exact) mass is 283 g/mol. The Morgan fingerprint density at radius 3 is 2.94 bits per heavy atom. The fourth-order valence-electron chi connectivity index (χ4n) is 1.35. The van der Waals surface area contributed by atoms with Crippen molar-refractivity contribution in [3.63, 3.8) is 0 Å². The van der Waals surface area contributed by atoms with Gasteiger partial charge in [0.05, 0.1) is 18.8 Å². The molecule has 0 atom stereocenters. The summed E-state index contributed by atoms with van der Waals surface area (Å²) in [6.45, 7) is 0. The van der Waals surface area contributed by atoms with E-state index in [4.69, 9.17) is 10.5 Å². The van der Waals surface area contributed by atoms with Crippen LogP contribution in [0.3, 0.4) is 0 Å². The predicted molar refractivity (Wildman–Crippen MR) is 69.0 cm³/mol. The molecule has 0 aliphatic heterocycles. The van der Waals surface area contributed by atoms with Gasteiger partial charge in [-0.05, 0) is 31.0 Å². The first-order valence-corrected chi connectivity index (χ1v) is 5.92. The maximum absolute atomic E-state index is 5.79. The standard InChI is InChI=1S/C11H14BrN3O/c1-16-10-5-2-7(12)6-9(10)15-11(13)14-8-3-4-8/h2,5-6,8H,3-4H2,1H3,(H3,13,14,15). The van der Waals surface area contributed by atoms with Gasteiger partial charge < -0.3 is 15.8 Å². The third-order valence-electron chi connectivity index (χ3n) is 2.29. The van der Waals surface area contributed by atoms with Crippen molar-refractivity contribution in [2.45, 2.75) is 18.9 Å². The lowest BCUT2D eigenvalue weighted by atomic mass is 10.3. The lowest BCUT2D eigenvalue weighted by Gasteiger charge is -2.10. The molecule has 0 bridgehead atoms. The van der Waals surface area contributed by atoms with Crippen molar-refractivity contribution >= 4 is 27.6 Å². The van der Waals surface area contributed by atoms with Crippen LogP contribution in [0.2, 0.25) is 0 Å². The molecular weight excluding hydrogens is 270 g/mol. The number of aliphatic imine (C=N–C) groups is 1. The maximum atomic E-state index is 5.79. The van der Waals surface area contributed by atoms with Gasteiger partial charge in [-0.2, -0.15) is 0 Å². The van der Waals surface area contributed by atoms with Crippen LogP contribution in [0.4, 0.5) is 5.69 Å². The van der Waals surface area contributed by atoms with Crippen molar-refractivity contribution in [3.8, 4) is 5.75 Å². The zero-order chi connectivity index (χ0) is 11.5. The molecule has 4 nitrogen and oxygen atoms in total. The van der Waals surface area contributed by atoms with Crippen LogP contribution in [0.1, 0.15) is 12.8 Å². The largest absolute Gasteiger partial charge is 0.495 e. The highest BCUT2D eigenvalue weighted by Crippen LogP contribution is 2.28. The Bertz CT molecular complexity index is 416. The highest BCUT2D eigenvalue weighted by Gasteiger charge is 2.20. The van der Waals surface area contributed by atoms with Crippen molar-refractivity contribution in [1.29, 1.82) is 0 Å². The molecule has 0 unspecified atom stereocenters. The van der Waals surface area contributed by atoms with Crippen LogP contribution >= 0.6 is 15.9 Å². The average molecular weight is 284 g/mol. The lowest BCUT2D eigenvalue weighted by Crippen LogP contribution is -2.23. The molecule has 0 radical (unpaired) electrons.